The molecule has 0 aromatic carbocycles. The highest BCUT2D eigenvalue weighted by molar-refractivity contribution is 8.12. The number of thioether (sulfide) groups is 1. The van der Waals surface area contributed by atoms with E-state index in [9.17, 15) is 0 Å². The van der Waals surface area contributed by atoms with Crippen molar-refractivity contribution < 1.29 is 0 Å². The summed E-state index contributed by atoms with van der Waals surface area (Å²) in [5.41, 5.74) is 2.76. The van der Waals surface area contributed by atoms with Crippen molar-refractivity contribution in [3.8, 4) is 0 Å². The summed E-state index contributed by atoms with van der Waals surface area (Å²) in [4.78, 5) is 3.80. The summed E-state index contributed by atoms with van der Waals surface area (Å²) in [6.07, 6.45) is 22.8. The van der Waals surface area contributed by atoms with Crippen LogP contribution in [-0.2, 0) is 0 Å². The Kier molecular flexibility index (Phi) is 22.0. The van der Waals surface area contributed by atoms with Gasteiger partial charge in [0.25, 0.3) is 0 Å². The zero-order valence-electron chi connectivity index (χ0n) is 15.8. The maximum absolute atomic E-state index is 3.88. The predicted molar refractivity (Wildman–Crippen MR) is 110 cm³/mol. The molecule has 0 N–H and O–H groups in total. The van der Waals surface area contributed by atoms with Crippen LogP contribution in [0, 0.1) is 6.92 Å². The molecule has 0 saturated heterocycles. The minimum absolute atomic E-state index is 0.977. The van der Waals surface area contributed by atoms with Crippen molar-refractivity contribution in [3.05, 3.63) is 6.92 Å². The molecule has 1 nitrogen and oxygen atoms in total. The van der Waals surface area contributed by atoms with Crippen molar-refractivity contribution in [1.29, 1.82) is 0 Å². The van der Waals surface area contributed by atoms with Gasteiger partial charge in [-0.05, 0) is 0 Å². The molecule has 1 aliphatic rings. The van der Waals surface area contributed by atoms with Gasteiger partial charge in [-0.3, -0.25) is 4.99 Å². The average Bonchev–Trinajstić information content (AvgIpc) is 3.15. The van der Waals surface area contributed by atoms with Gasteiger partial charge in [0.2, 0.25) is 0 Å². The van der Waals surface area contributed by atoms with Crippen LogP contribution in [0.25, 0.3) is 0 Å². The molecule has 2 heteroatoms. The van der Waals surface area contributed by atoms with Crippen molar-refractivity contribution in [2.75, 3.05) is 12.3 Å². The molecule has 0 aliphatic carbocycles. The van der Waals surface area contributed by atoms with E-state index >= 15 is 0 Å². The van der Waals surface area contributed by atoms with Gasteiger partial charge in [-0.25, -0.2) is 0 Å². The fourth-order valence-corrected chi connectivity index (χ4v) is 3.23. The molecule has 0 amide bonds. The molecule has 2 radical (unpaired) electrons. The van der Waals surface area contributed by atoms with Crippen LogP contribution in [-0.4, -0.2) is 17.8 Å². The molecule has 0 spiro atoms. The lowest BCUT2D eigenvalue weighted by atomic mass is 10.0. The van der Waals surface area contributed by atoms with Crippen LogP contribution in [0.15, 0.2) is 4.99 Å². The van der Waals surface area contributed by atoms with E-state index in [0.29, 0.717) is 0 Å². The number of nitrogens with zero attached hydrogens (tertiary/aromatic N) is 1. The molecular formula is C21H41NS. The topological polar surface area (TPSA) is 12.4 Å². The zero-order chi connectivity index (χ0) is 16.8. The second-order valence-corrected chi connectivity index (χ2v) is 7.50. The lowest BCUT2D eigenvalue weighted by molar-refractivity contribution is 0.533. The van der Waals surface area contributed by atoms with Crippen LogP contribution in [0.4, 0.5) is 0 Å². The summed E-state index contributed by atoms with van der Waals surface area (Å²) in [5, 5.41) is 0. The lowest BCUT2D eigenvalue weighted by Gasteiger charge is -2.03. The Bertz CT molecular complexity index is 206. The quantitative estimate of drug-likeness (QED) is 0.278. The summed E-state index contributed by atoms with van der Waals surface area (Å²) in [7, 11) is 0. The molecule has 0 aromatic heterocycles. The van der Waals surface area contributed by atoms with E-state index in [4.69, 9.17) is 0 Å². The van der Waals surface area contributed by atoms with Crippen molar-refractivity contribution in [2.45, 2.75) is 110 Å². The monoisotopic (exact) mass is 339 g/mol. The van der Waals surface area contributed by atoms with Crippen LogP contribution in [0.5, 0.6) is 0 Å². The molecule has 1 aliphatic heterocycles. The van der Waals surface area contributed by atoms with Crippen molar-refractivity contribution >= 4 is 17.3 Å². The van der Waals surface area contributed by atoms with Crippen LogP contribution in [0.2, 0.25) is 0 Å². The van der Waals surface area contributed by atoms with Crippen molar-refractivity contribution in [1.82, 2.24) is 0 Å². The molecule has 0 unspecified atom stereocenters. The zero-order valence-corrected chi connectivity index (χ0v) is 16.6. The number of hydrogen-bond donors (Lipinski definition) is 0. The smallest absolute Gasteiger partial charge is 0.122 e. The first-order valence-corrected chi connectivity index (χ1v) is 11.2. The summed E-state index contributed by atoms with van der Waals surface area (Å²) < 4.78 is 0. The third kappa shape index (κ3) is 22.0. The van der Waals surface area contributed by atoms with Gasteiger partial charge >= 0.3 is 0 Å². The molecular weight excluding hydrogens is 298 g/mol. The van der Waals surface area contributed by atoms with E-state index in [1.807, 2.05) is 0 Å². The molecule has 0 bridgehead atoms. The van der Waals surface area contributed by atoms with E-state index in [2.05, 4.69) is 24.4 Å². The Morgan fingerprint density at radius 1 is 0.739 bits per heavy atom. The van der Waals surface area contributed by atoms with Crippen LogP contribution >= 0.6 is 11.8 Å². The number of unbranched alkanes of at least 4 members (excludes halogenated alkanes) is 15. The fourth-order valence-electron chi connectivity index (χ4n) is 2.78. The maximum atomic E-state index is 3.88. The summed E-state index contributed by atoms with van der Waals surface area (Å²) >= 11 is 1.66. The third-order valence-corrected chi connectivity index (χ3v) is 4.93. The highest BCUT2D eigenvalue weighted by Gasteiger charge is 1.93. The molecule has 0 saturated carbocycles. The van der Waals surface area contributed by atoms with Crippen molar-refractivity contribution in [3.63, 3.8) is 0 Å². The van der Waals surface area contributed by atoms with E-state index in [-0.39, 0.29) is 0 Å². The maximum Gasteiger partial charge on any atom is 0.122 e. The minimum atomic E-state index is 0.977. The second-order valence-electron chi connectivity index (χ2n) is 6.62. The highest BCUT2D eigenvalue weighted by Crippen LogP contribution is 2.13. The van der Waals surface area contributed by atoms with Gasteiger partial charge in [-0.1, -0.05) is 117 Å². The number of rotatable bonds is 15. The van der Waals surface area contributed by atoms with Gasteiger partial charge in [-0.15, -0.1) is 11.8 Å². The highest BCUT2D eigenvalue weighted by atomic mass is 32.2. The number of aliphatic imine (C=N–C) groups is 1. The Morgan fingerprint density at radius 3 is 1.43 bits per heavy atom. The minimum Gasteiger partial charge on any atom is -0.275 e. The predicted octanol–water partition coefficient (Wildman–Crippen LogP) is 7.72. The van der Waals surface area contributed by atoms with Gasteiger partial charge in [0, 0.05) is 12.3 Å². The van der Waals surface area contributed by atoms with Crippen LogP contribution in [0.3, 0.4) is 0 Å². The largest absolute Gasteiger partial charge is 0.275 e. The Morgan fingerprint density at radius 2 is 1.17 bits per heavy atom. The average molecular weight is 340 g/mol. The fraction of sp³-hybridized carbons (Fsp3) is 0.905. The van der Waals surface area contributed by atoms with E-state index < -0.39 is 0 Å². The van der Waals surface area contributed by atoms with Gasteiger partial charge in [-0.2, -0.15) is 0 Å². The molecule has 1 rings (SSSR count). The van der Waals surface area contributed by atoms with Gasteiger partial charge in [0.05, 0.1) is 0 Å². The third-order valence-electron chi connectivity index (χ3n) is 4.29. The molecule has 0 fully saturated rings. The number of hydrogen-bond acceptors (Lipinski definition) is 2. The van der Waals surface area contributed by atoms with Crippen LogP contribution < -0.4 is 0 Å². The van der Waals surface area contributed by atoms with Gasteiger partial charge < -0.3 is 0 Å². The van der Waals surface area contributed by atoms with Crippen molar-refractivity contribution in [2.24, 2.45) is 4.99 Å². The van der Waals surface area contributed by atoms with E-state index in [0.717, 1.165) is 18.7 Å². The molecule has 136 valence electrons. The molecule has 0 atom stereocenters. The first-order valence-electron chi connectivity index (χ1n) is 10.2. The Balaban J connectivity index is 0.000000809. The van der Waals surface area contributed by atoms with E-state index in [1.54, 1.807) is 11.8 Å². The molecule has 1 heterocycles. The normalized spacial score (nSPS) is 13.1. The summed E-state index contributed by atoms with van der Waals surface area (Å²) in [5.74, 6) is 1.14. The Hall–Kier alpha value is 0.0200. The van der Waals surface area contributed by atoms with E-state index in [1.165, 1.54) is 96.3 Å². The first kappa shape index (κ1) is 23.0. The SMILES string of the molecule is [CH2]CCCCCCCCCCCCCCCCC.[C]1=NCCS1. The Labute approximate surface area is 151 Å². The molecule has 23 heavy (non-hydrogen) atoms. The van der Waals surface area contributed by atoms with Crippen LogP contribution in [0.1, 0.15) is 110 Å². The van der Waals surface area contributed by atoms with Gasteiger partial charge in [0.1, 0.15) is 5.55 Å². The summed E-state index contributed by atoms with van der Waals surface area (Å²) in [6.45, 7) is 7.15. The standard InChI is InChI=1S/C18H37.C3H4NS/c1-3-5-7-9-11-13-15-17-18-16-14-12-10-8-6-4-2;1-2-5-3-4-1/h1,3-18H2,2H3;1-2H2. The van der Waals surface area contributed by atoms with Gasteiger partial charge in [0.15, 0.2) is 0 Å². The summed E-state index contributed by atoms with van der Waals surface area (Å²) in [6, 6.07) is 0. The molecule has 0 aromatic rings. The first-order chi connectivity index (χ1) is 11.4. The lowest BCUT2D eigenvalue weighted by Crippen LogP contribution is -1.83. The second kappa shape index (κ2) is 22.0.